The maximum Gasteiger partial charge on any atom is 0.204 e. The summed E-state index contributed by atoms with van der Waals surface area (Å²) in [6.07, 6.45) is 2.60. The molecule has 0 aliphatic heterocycles. The van der Waals surface area contributed by atoms with Gasteiger partial charge in [-0.15, -0.1) is 10.2 Å². The van der Waals surface area contributed by atoms with E-state index in [0.717, 1.165) is 12.1 Å². The molecule has 18 heavy (non-hydrogen) atoms. The first-order chi connectivity index (χ1) is 8.83. The zero-order chi connectivity index (χ0) is 12.4. The third-order valence-electron chi connectivity index (χ3n) is 3.13. The number of hydrogen-bond donors (Lipinski definition) is 1. The van der Waals surface area contributed by atoms with E-state index in [1.54, 1.807) is 4.80 Å². The van der Waals surface area contributed by atoms with E-state index in [-0.39, 0.29) is 6.04 Å². The van der Waals surface area contributed by atoms with Crippen LogP contribution in [-0.4, -0.2) is 32.8 Å². The average molecular weight is 243 g/mol. The molecule has 0 spiro atoms. The van der Waals surface area contributed by atoms with Crippen molar-refractivity contribution < 1.29 is 0 Å². The van der Waals surface area contributed by atoms with E-state index < -0.39 is 0 Å². The van der Waals surface area contributed by atoms with Gasteiger partial charge in [-0.3, -0.25) is 0 Å². The first-order valence-corrected chi connectivity index (χ1v) is 6.41. The molecule has 5 nitrogen and oxygen atoms in total. The van der Waals surface area contributed by atoms with Gasteiger partial charge in [-0.25, -0.2) is 0 Å². The molecular weight excluding hydrogens is 226 g/mol. The average Bonchev–Trinajstić information content (AvgIpc) is 3.11. The second-order valence-electron chi connectivity index (χ2n) is 4.83. The molecule has 94 valence electrons. The molecule has 0 saturated heterocycles. The second kappa shape index (κ2) is 4.86. The summed E-state index contributed by atoms with van der Waals surface area (Å²) in [6.45, 7) is 3.00. The van der Waals surface area contributed by atoms with Gasteiger partial charge in [-0.1, -0.05) is 30.3 Å². The molecule has 1 atom stereocenters. The van der Waals surface area contributed by atoms with Crippen molar-refractivity contribution in [1.29, 1.82) is 0 Å². The van der Waals surface area contributed by atoms with E-state index in [4.69, 9.17) is 0 Å². The van der Waals surface area contributed by atoms with Crippen LogP contribution in [0.4, 0.5) is 0 Å². The lowest BCUT2D eigenvalue weighted by molar-refractivity contribution is 0.400. The number of aromatic nitrogens is 4. The van der Waals surface area contributed by atoms with E-state index in [0.29, 0.717) is 11.9 Å². The Morgan fingerprint density at radius 2 is 2.11 bits per heavy atom. The molecule has 1 aliphatic rings. The van der Waals surface area contributed by atoms with Crippen LogP contribution in [0.15, 0.2) is 30.3 Å². The van der Waals surface area contributed by atoms with E-state index in [1.165, 1.54) is 12.8 Å². The van der Waals surface area contributed by atoms with E-state index >= 15 is 0 Å². The van der Waals surface area contributed by atoms with E-state index in [2.05, 4.69) is 27.7 Å². The number of nitrogens with zero attached hydrogens (tertiary/aromatic N) is 4. The van der Waals surface area contributed by atoms with Crippen LogP contribution in [0.5, 0.6) is 0 Å². The van der Waals surface area contributed by atoms with Crippen LogP contribution >= 0.6 is 0 Å². The highest BCUT2D eigenvalue weighted by Gasteiger charge is 2.21. The highest BCUT2D eigenvalue weighted by molar-refractivity contribution is 5.52. The van der Waals surface area contributed by atoms with Gasteiger partial charge in [-0.05, 0) is 25.0 Å². The number of nitrogens with one attached hydrogen (secondary N) is 1. The van der Waals surface area contributed by atoms with Crippen LogP contribution < -0.4 is 5.32 Å². The van der Waals surface area contributed by atoms with Gasteiger partial charge in [-0.2, -0.15) is 4.80 Å². The molecule has 5 heteroatoms. The van der Waals surface area contributed by atoms with Crippen molar-refractivity contribution in [3.8, 4) is 11.4 Å². The minimum Gasteiger partial charge on any atom is -0.312 e. The second-order valence-corrected chi connectivity index (χ2v) is 4.83. The molecule has 0 amide bonds. The number of hydrogen-bond acceptors (Lipinski definition) is 4. The van der Waals surface area contributed by atoms with Crippen LogP contribution in [0, 0.1) is 0 Å². The summed E-state index contributed by atoms with van der Waals surface area (Å²) in [5, 5.41) is 16.1. The number of tetrazole rings is 1. The Bertz CT molecular complexity index is 503. The van der Waals surface area contributed by atoms with Crippen molar-refractivity contribution >= 4 is 0 Å². The van der Waals surface area contributed by atoms with Crippen molar-refractivity contribution in [2.24, 2.45) is 0 Å². The molecule has 2 aromatic rings. The molecular formula is C13H17N5. The molecule has 1 aliphatic carbocycles. The number of rotatable bonds is 5. The Morgan fingerprint density at radius 1 is 1.33 bits per heavy atom. The van der Waals surface area contributed by atoms with Crippen LogP contribution in [0.3, 0.4) is 0 Å². The van der Waals surface area contributed by atoms with Crippen molar-refractivity contribution in [2.45, 2.75) is 31.8 Å². The molecule has 1 saturated carbocycles. The lowest BCUT2D eigenvalue weighted by Gasteiger charge is -2.09. The summed E-state index contributed by atoms with van der Waals surface area (Å²) in [4.78, 5) is 1.69. The third-order valence-corrected chi connectivity index (χ3v) is 3.13. The smallest absolute Gasteiger partial charge is 0.204 e. The fourth-order valence-corrected chi connectivity index (χ4v) is 1.82. The Balaban J connectivity index is 1.68. The quantitative estimate of drug-likeness (QED) is 0.867. The largest absolute Gasteiger partial charge is 0.312 e. The summed E-state index contributed by atoms with van der Waals surface area (Å²) >= 11 is 0. The predicted molar refractivity (Wildman–Crippen MR) is 69.0 cm³/mol. The fourth-order valence-electron chi connectivity index (χ4n) is 1.82. The first-order valence-electron chi connectivity index (χ1n) is 6.41. The van der Waals surface area contributed by atoms with Gasteiger partial charge in [0.2, 0.25) is 5.82 Å². The van der Waals surface area contributed by atoms with Gasteiger partial charge in [0.25, 0.3) is 0 Å². The topological polar surface area (TPSA) is 55.6 Å². The van der Waals surface area contributed by atoms with Crippen LogP contribution in [0.2, 0.25) is 0 Å². The fraction of sp³-hybridized carbons (Fsp3) is 0.462. The zero-order valence-corrected chi connectivity index (χ0v) is 10.5. The summed E-state index contributed by atoms with van der Waals surface area (Å²) in [6, 6.07) is 10.9. The zero-order valence-electron chi connectivity index (χ0n) is 10.5. The van der Waals surface area contributed by atoms with Crippen LogP contribution in [0.1, 0.15) is 25.8 Å². The molecule has 3 rings (SSSR count). The minimum atomic E-state index is 0.232. The Morgan fingerprint density at radius 3 is 2.83 bits per heavy atom. The van der Waals surface area contributed by atoms with Gasteiger partial charge in [0.1, 0.15) is 0 Å². The summed E-state index contributed by atoms with van der Waals surface area (Å²) in [7, 11) is 0. The SMILES string of the molecule is CC(CNC1CC1)n1nnc(-c2ccccc2)n1. The van der Waals surface area contributed by atoms with Gasteiger partial charge in [0.05, 0.1) is 6.04 Å². The van der Waals surface area contributed by atoms with Gasteiger partial charge in [0.15, 0.2) is 0 Å². The first kappa shape index (κ1) is 11.3. The molecule has 0 bridgehead atoms. The van der Waals surface area contributed by atoms with E-state index in [9.17, 15) is 0 Å². The molecule has 1 fully saturated rings. The van der Waals surface area contributed by atoms with Gasteiger partial charge in [0, 0.05) is 18.2 Å². The lowest BCUT2D eigenvalue weighted by atomic mass is 10.2. The highest BCUT2D eigenvalue weighted by Crippen LogP contribution is 2.19. The Kier molecular flexibility index (Phi) is 3.06. The molecule has 1 N–H and O–H groups in total. The monoisotopic (exact) mass is 243 g/mol. The van der Waals surface area contributed by atoms with Gasteiger partial charge < -0.3 is 5.32 Å². The van der Waals surface area contributed by atoms with Crippen molar-refractivity contribution in [2.75, 3.05) is 6.54 Å². The Labute approximate surface area is 106 Å². The summed E-state index contributed by atoms with van der Waals surface area (Å²) in [5.74, 6) is 0.689. The van der Waals surface area contributed by atoms with Crippen molar-refractivity contribution in [3.63, 3.8) is 0 Å². The van der Waals surface area contributed by atoms with Crippen LogP contribution in [-0.2, 0) is 0 Å². The highest BCUT2D eigenvalue weighted by atomic mass is 15.6. The van der Waals surface area contributed by atoms with E-state index in [1.807, 2.05) is 30.3 Å². The predicted octanol–water partition coefficient (Wildman–Crippen LogP) is 1.65. The minimum absolute atomic E-state index is 0.232. The van der Waals surface area contributed by atoms with Crippen LogP contribution in [0.25, 0.3) is 11.4 Å². The standard InChI is InChI=1S/C13H17N5/c1-10(9-14-12-7-8-12)18-16-13(15-17-18)11-5-3-2-4-6-11/h2-6,10,12,14H,7-9H2,1H3. The maximum absolute atomic E-state index is 4.43. The third kappa shape index (κ3) is 2.56. The number of benzene rings is 1. The Hall–Kier alpha value is -1.75. The lowest BCUT2D eigenvalue weighted by Crippen LogP contribution is -2.26. The molecule has 1 aromatic carbocycles. The normalized spacial score (nSPS) is 16.7. The maximum atomic E-state index is 4.43. The molecule has 0 radical (unpaired) electrons. The summed E-state index contributed by atoms with van der Waals surface area (Å²) < 4.78 is 0. The van der Waals surface area contributed by atoms with Crippen molar-refractivity contribution in [3.05, 3.63) is 30.3 Å². The van der Waals surface area contributed by atoms with Gasteiger partial charge >= 0.3 is 0 Å². The van der Waals surface area contributed by atoms with Crippen molar-refractivity contribution in [1.82, 2.24) is 25.5 Å². The molecule has 1 unspecified atom stereocenters. The summed E-state index contributed by atoms with van der Waals surface area (Å²) in [5.41, 5.74) is 1.01. The molecule has 1 heterocycles. The molecule has 1 aromatic heterocycles.